The maximum atomic E-state index is 11.7. The number of nitrogens with one attached hydrogen (secondary N) is 2. The number of rotatable bonds is 2. The third-order valence-electron chi connectivity index (χ3n) is 2.49. The molecule has 2 rings (SSSR count). The molecule has 0 unspecified atom stereocenters. The van der Waals surface area contributed by atoms with E-state index in [0.29, 0.717) is 16.4 Å². The second-order valence-corrected chi connectivity index (χ2v) is 4.90. The third kappa shape index (κ3) is 4.11. The monoisotopic (exact) mass is 324 g/mol. The molecule has 0 spiro atoms. The van der Waals surface area contributed by atoms with Gasteiger partial charge in [-0.2, -0.15) is 0 Å². The highest BCUT2D eigenvalue weighted by atomic mass is 35.5. The summed E-state index contributed by atoms with van der Waals surface area (Å²) < 4.78 is 0. The Balaban J connectivity index is 2.02. The summed E-state index contributed by atoms with van der Waals surface area (Å²) >= 11 is 11.6. The van der Waals surface area contributed by atoms with Crippen molar-refractivity contribution in [2.45, 2.75) is 0 Å². The highest BCUT2D eigenvalue weighted by Gasteiger charge is 2.14. The van der Waals surface area contributed by atoms with Crippen LogP contribution in [0.1, 0.15) is 0 Å². The van der Waals surface area contributed by atoms with E-state index in [1.165, 1.54) is 30.3 Å². The fraction of sp³-hybridized carbons (Fsp3) is 0. The van der Waals surface area contributed by atoms with Crippen molar-refractivity contribution in [3.05, 3.63) is 52.5 Å². The first kappa shape index (κ1) is 15.2. The Morgan fingerprint density at radius 3 is 2.05 bits per heavy atom. The first-order chi connectivity index (χ1) is 9.95. The van der Waals surface area contributed by atoms with E-state index in [1.54, 1.807) is 12.1 Å². The number of aromatic hydroxyl groups is 1. The van der Waals surface area contributed by atoms with Gasteiger partial charge in [-0.15, -0.1) is 0 Å². The summed E-state index contributed by atoms with van der Waals surface area (Å²) in [6, 6.07) is 10.3. The van der Waals surface area contributed by atoms with Crippen LogP contribution >= 0.6 is 23.2 Å². The van der Waals surface area contributed by atoms with Crippen LogP contribution in [0.3, 0.4) is 0 Å². The molecule has 5 nitrogen and oxygen atoms in total. The summed E-state index contributed by atoms with van der Waals surface area (Å²) in [5, 5.41) is 14.6. The summed E-state index contributed by atoms with van der Waals surface area (Å²) in [6.07, 6.45) is 0. The number of carbonyl (C=O) groups is 2. The molecule has 3 N–H and O–H groups in total. The Kier molecular flexibility index (Phi) is 4.67. The first-order valence-electron chi connectivity index (χ1n) is 5.82. The van der Waals surface area contributed by atoms with Gasteiger partial charge in [0.15, 0.2) is 0 Å². The van der Waals surface area contributed by atoms with E-state index in [-0.39, 0.29) is 10.8 Å². The Bertz CT molecular complexity index is 704. The standard InChI is InChI=1S/C14H10Cl2N2O3/c15-11-5-4-9(7-12(11)16)18-14(21)13(20)17-8-2-1-3-10(19)6-8/h1-7,19H,(H,17,20)(H,18,21). The van der Waals surface area contributed by atoms with Gasteiger partial charge < -0.3 is 15.7 Å². The first-order valence-corrected chi connectivity index (χ1v) is 6.58. The Morgan fingerprint density at radius 1 is 0.857 bits per heavy atom. The van der Waals surface area contributed by atoms with Crippen LogP contribution < -0.4 is 10.6 Å². The number of benzene rings is 2. The van der Waals surface area contributed by atoms with Crippen molar-refractivity contribution in [2.24, 2.45) is 0 Å². The van der Waals surface area contributed by atoms with Crippen LogP contribution in [-0.4, -0.2) is 16.9 Å². The smallest absolute Gasteiger partial charge is 0.314 e. The molecule has 0 radical (unpaired) electrons. The van der Waals surface area contributed by atoms with Crippen LogP contribution in [0.4, 0.5) is 11.4 Å². The Hall–Kier alpha value is -2.24. The molecule has 0 saturated carbocycles. The van der Waals surface area contributed by atoms with Crippen molar-refractivity contribution < 1.29 is 14.7 Å². The largest absolute Gasteiger partial charge is 0.508 e. The van der Waals surface area contributed by atoms with Gasteiger partial charge in [0.2, 0.25) is 0 Å². The summed E-state index contributed by atoms with van der Waals surface area (Å²) in [6.45, 7) is 0. The van der Waals surface area contributed by atoms with Crippen LogP contribution in [0.25, 0.3) is 0 Å². The van der Waals surface area contributed by atoms with Gasteiger partial charge in [-0.3, -0.25) is 9.59 Å². The van der Waals surface area contributed by atoms with Gasteiger partial charge in [0, 0.05) is 17.4 Å². The predicted molar refractivity (Wildman–Crippen MR) is 81.8 cm³/mol. The van der Waals surface area contributed by atoms with E-state index in [4.69, 9.17) is 23.2 Å². The lowest BCUT2D eigenvalue weighted by atomic mass is 10.3. The van der Waals surface area contributed by atoms with Crippen LogP contribution in [0.5, 0.6) is 5.75 Å². The number of hydrogen-bond acceptors (Lipinski definition) is 3. The zero-order valence-electron chi connectivity index (χ0n) is 10.6. The average Bonchev–Trinajstić information content (AvgIpc) is 2.43. The molecule has 0 aromatic heterocycles. The molecule has 0 bridgehead atoms. The van der Waals surface area contributed by atoms with Crippen LogP contribution in [0.15, 0.2) is 42.5 Å². The molecule has 21 heavy (non-hydrogen) atoms. The van der Waals surface area contributed by atoms with Crippen molar-refractivity contribution in [2.75, 3.05) is 10.6 Å². The molecule has 0 aliphatic heterocycles. The minimum atomic E-state index is -0.869. The minimum absolute atomic E-state index is 0.0160. The van der Waals surface area contributed by atoms with Gasteiger partial charge in [-0.1, -0.05) is 29.3 Å². The van der Waals surface area contributed by atoms with E-state index in [0.717, 1.165) is 0 Å². The van der Waals surface area contributed by atoms with Gasteiger partial charge in [0.25, 0.3) is 0 Å². The average molecular weight is 325 g/mol. The summed E-state index contributed by atoms with van der Waals surface area (Å²) in [5.74, 6) is -1.75. The van der Waals surface area contributed by atoms with Crippen molar-refractivity contribution >= 4 is 46.4 Å². The summed E-state index contributed by atoms with van der Waals surface area (Å²) in [7, 11) is 0. The maximum absolute atomic E-state index is 11.7. The van der Waals surface area contributed by atoms with Gasteiger partial charge in [0.1, 0.15) is 5.75 Å². The molecule has 2 aromatic carbocycles. The highest BCUT2D eigenvalue weighted by molar-refractivity contribution is 6.44. The van der Waals surface area contributed by atoms with Crippen molar-refractivity contribution in [1.82, 2.24) is 0 Å². The number of halogens is 2. The second kappa shape index (κ2) is 6.47. The highest BCUT2D eigenvalue weighted by Crippen LogP contribution is 2.25. The van der Waals surface area contributed by atoms with E-state index in [2.05, 4.69) is 10.6 Å². The SMILES string of the molecule is O=C(Nc1cccc(O)c1)C(=O)Nc1ccc(Cl)c(Cl)c1. The molecule has 2 aromatic rings. The van der Waals surface area contributed by atoms with Gasteiger partial charge in [0.05, 0.1) is 10.0 Å². The van der Waals surface area contributed by atoms with E-state index >= 15 is 0 Å². The van der Waals surface area contributed by atoms with Crippen LogP contribution in [-0.2, 0) is 9.59 Å². The molecule has 0 aliphatic rings. The topological polar surface area (TPSA) is 78.4 Å². The quantitative estimate of drug-likeness (QED) is 0.742. The number of hydrogen-bond donors (Lipinski definition) is 3. The summed E-state index contributed by atoms with van der Waals surface area (Å²) in [5.41, 5.74) is 0.657. The fourth-order valence-corrected chi connectivity index (χ4v) is 1.83. The Labute approximate surface area is 130 Å². The Morgan fingerprint density at radius 2 is 1.48 bits per heavy atom. The van der Waals surface area contributed by atoms with Gasteiger partial charge in [-0.25, -0.2) is 0 Å². The van der Waals surface area contributed by atoms with Gasteiger partial charge in [-0.05, 0) is 30.3 Å². The van der Waals surface area contributed by atoms with Gasteiger partial charge >= 0.3 is 11.8 Å². The molecule has 2 amide bonds. The fourth-order valence-electron chi connectivity index (χ4n) is 1.53. The predicted octanol–water partition coefficient (Wildman–Crippen LogP) is 3.28. The number of phenolic OH excluding ortho intramolecular Hbond substituents is 1. The van der Waals surface area contributed by atoms with E-state index in [9.17, 15) is 14.7 Å². The lowest BCUT2D eigenvalue weighted by Gasteiger charge is -2.07. The molecule has 108 valence electrons. The van der Waals surface area contributed by atoms with Crippen LogP contribution in [0, 0.1) is 0 Å². The minimum Gasteiger partial charge on any atom is -0.508 e. The number of anilines is 2. The molecular formula is C14H10Cl2N2O3. The lowest BCUT2D eigenvalue weighted by molar-refractivity contribution is -0.132. The van der Waals surface area contributed by atoms with E-state index < -0.39 is 11.8 Å². The molecule has 0 heterocycles. The molecule has 0 aliphatic carbocycles. The maximum Gasteiger partial charge on any atom is 0.314 e. The molecule has 0 fully saturated rings. The van der Waals surface area contributed by atoms with Crippen LogP contribution in [0.2, 0.25) is 10.0 Å². The number of carbonyl (C=O) groups excluding carboxylic acids is 2. The summed E-state index contributed by atoms with van der Waals surface area (Å²) in [4.78, 5) is 23.5. The van der Waals surface area contributed by atoms with Crippen molar-refractivity contribution in [3.8, 4) is 5.75 Å². The molecule has 0 atom stereocenters. The zero-order valence-corrected chi connectivity index (χ0v) is 12.1. The second-order valence-electron chi connectivity index (χ2n) is 4.09. The molecular weight excluding hydrogens is 315 g/mol. The zero-order chi connectivity index (χ0) is 15.4. The number of phenols is 1. The van der Waals surface area contributed by atoms with Crippen molar-refractivity contribution in [3.63, 3.8) is 0 Å². The van der Waals surface area contributed by atoms with Crippen molar-refractivity contribution in [1.29, 1.82) is 0 Å². The third-order valence-corrected chi connectivity index (χ3v) is 3.23. The lowest BCUT2D eigenvalue weighted by Crippen LogP contribution is -2.29. The van der Waals surface area contributed by atoms with E-state index in [1.807, 2.05) is 0 Å². The number of amides is 2. The molecule has 7 heteroatoms. The molecule has 0 saturated heterocycles. The normalized spacial score (nSPS) is 10.0.